The largest absolute Gasteiger partial charge is 0.431 e. The first-order valence-electron chi connectivity index (χ1n) is 10.0. The lowest BCUT2D eigenvalue weighted by Crippen LogP contribution is -2.41. The minimum atomic E-state index is -4.97. The van der Waals surface area contributed by atoms with E-state index in [2.05, 4.69) is 4.99 Å². The lowest BCUT2D eigenvalue weighted by molar-refractivity contribution is -0.144. The summed E-state index contributed by atoms with van der Waals surface area (Å²) in [5, 5.41) is 0.423. The summed E-state index contributed by atoms with van der Waals surface area (Å²) in [6.07, 6.45) is -4.97. The summed E-state index contributed by atoms with van der Waals surface area (Å²) < 4.78 is 54.7. The molecule has 3 aromatic rings. The molecule has 1 aliphatic heterocycles. The van der Waals surface area contributed by atoms with Crippen molar-refractivity contribution in [3.05, 3.63) is 90.4 Å². The van der Waals surface area contributed by atoms with Crippen molar-refractivity contribution in [2.45, 2.75) is 12.7 Å². The van der Waals surface area contributed by atoms with Gasteiger partial charge < -0.3 is 0 Å². The van der Waals surface area contributed by atoms with Crippen LogP contribution in [0.2, 0.25) is 10.0 Å². The molecule has 1 aromatic heterocycles. The monoisotopic (exact) mass is 560 g/mol. The van der Waals surface area contributed by atoms with Gasteiger partial charge in [0.25, 0.3) is 5.56 Å². The second-order valence-corrected chi connectivity index (χ2v) is 9.31. The standard InChI is InChI=1S/C22H14Cl2F4N4O3S/c1-30-17(22(26,27)28)8-18(33)32(21(30)35)16-7-15(13(24)6-14(16)25)29-20-31(19(34)10-36-20)9-11-4-2-3-5-12(11)23/h2-8H,9-10H2,1H3/b29-20-. The van der Waals surface area contributed by atoms with Crippen LogP contribution in [-0.2, 0) is 24.6 Å². The van der Waals surface area contributed by atoms with Crippen LogP contribution in [0.25, 0.3) is 5.69 Å². The Morgan fingerprint density at radius 2 is 1.75 bits per heavy atom. The Morgan fingerprint density at radius 3 is 2.42 bits per heavy atom. The van der Waals surface area contributed by atoms with E-state index >= 15 is 0 Å². The number of benzene rings is 2. The molecule has 0 unspecified atom stereocenters. The summed E-state index contributed by atoms with van der Waals surface area (Å²) in [6, 6.07) is 8.79. The van der Waals surface area contributed by atoms with Crippen molar-refractivity contribution < 1.29 is 22.4 Å². The Labute approximate surface area is 214 Å². The van der Waals surface area contributed by atoms with Crippen LogP contribution in [0.5, 0.6) is 0 Å². The van der Waals surface area contributed by atoms with Crippen LogP contribution in [-0.4, -0.2) is 30.9 Å². The normalized spacial score (nSPS) is 15.2. The Bertz CT molecular complexity index is 1540. The van der Waals surface area contributed by atoms with Gasteiger partial charge in [-0.05, 0) is 23.8 Å². The van der Waals surface area contributed by atoms with Gasteiger partial charge in [0.05, 0.1) is 28.7 Å². The number of carbonyl (C=O) groups is 1. The van der Waals surface area contributed by atoms with Gasteiger partial charge in [-0.2, -0.15) is 13.2 Å². The first kappa shape index (κ1) is 26.0. The molecular weight excluding hydrogens is 547 g/mol. The number of halogens is 6. The van der Waals surface area contributed by atoms with Gasteiger partial charge in [-0.3, -0.25) is 19.1 Å². The van der Waals surface area contributed by atoms with Crippen LogP contribution >= 0.6 is 35.0 Å². The number of nitrogens with zero attached hydrogens (tertiary/aromatic N) is 4. The summed E-state index contributed by atoms with van der Waals surface area (Å²) >= 11 is 13.4. The number of rotatable bonds is 4. The minimum Gasteiger partial charge on any atom is -0.292 e. The molecule has 14 heteroatoms. The van der Waals surface area contributed by atoms with E-state index in [9.17, 15) is 31.9 Å². The first-order valence-corrected chi connectivity index (χ1v) is 11.8. The summed E-state index contributed by atoms with van der Waals surface area (Å²) in [6.45, 7) is 0.0922. The maximum atomic E-state index is 14.8. The van der Waals surface area contributed by atoms with Gasteiger partial charge in [-0.15, -0.1) is 0 Å². The zero-order chi connectivity index (χ0) is 26.4. The van der Waals surface area contributed by atoms with E-state index in [1.165, 1.54) is 4.90 Å². The number of amides is 1. The molecule has 1 fully saturated rings. The Balaban J connectivity index is 1.81. The molecular formula is C22H14Cl2F4N4O3S. The van der Waals surface area contributed by atoms with Crippen molar-refractivity contribution in [2.24, 2.45) is 12.0 Å². The Kier molecular flexibility index (Phi) is 7.04. The molecule has 0 aliphatic carbocycles. The highest BCUT2D eigenvalue weighted by Crippen LogP contribution is 2.33. The number of hydrogen-bond donors (Lipinski definition) is 0. The van der Waals surface area contributed by atoms with Crippen molar-refractivity contribution in [2.75, 3.05) is 5.75 Å². The van der Waals surface area contributed by atoms with E-state index in [0.29, 0.717) is 10.6 Å². The third-order valence-corrected chi connectivity index (χ3v) is 6.86. The van der Waals surface area contributed by atoms with Gasteiger partial charge in [-0.25, -0.2) is 18.7 Å². The molecule has 7 nitrogen and oxygen atoms in total. The number of aromatic nitrogens is 2. The van der Waals surface area contributed by atoms with Crippen LogP contribution in [0.15, 0.2) is 57.0 Å². The maximum Gasteiger partial charge on any atom is 0.431 e. The number of thioether (sulfide) groups is 1. The van der Waals surface area contributed by atoms with Crippen molar-refractivity contribution in [3.63, 3.8) is 0 Å². The van der Waals surface area contributed by atoms with E-state index in [1.54, 1.807) is 24.3 Å². The van der Waals surface area contributed by atoms with Crippen LogP contribution in [0.1, 0.15) is 11.3 Å². The van der Waals surface area contributed by atoms with Crippen molar-refractivity contribution in [3.8, 4) is 5.69 Å². The molecule has 0 radical (unpaired) electrons. The third kappa shape index (κ3) is 4.93. The van der Waals surface area contributed by atoms with Gasteiger partial charge in [0.2, 0.25) is 5.91 Å². The summed E-state index contributed by atoms with van der Waals surface area (Å²) in [5.41, 5.74) is -4.40. The predicted octanol–water partition coefficient (Wildman–Crippen LogP) is 4.76. The minimum absolute atomic E-state index is 0.0634. The third-order valence-electron chi connectivity index (χ3n) is 5.23. The van der Waals surface area contributed by atoms with Gasteiger partial charge in [0, 0.05) is 18.1 Å². The van der Waals surface area contributed by atoms with Gasteiger partial charge >= 0.3 is 11.9 Å². The molecule has 2 heterocycles. The zero-order valence-corrected chi connectivity index (χ0v) is 20.5. The van der Waals surface area contributed by atoms with Crippen LogP contribution in [0.3, 0.4) is 0 Å². The van der Waals surface area contributed by atoms with E-state index in [-0.39, 0.29) is 49.3 Å². The number of aliphatic imine (C=N–C) groups is 1. The summed E-state index contributed by atoms with van der Waals surface area (Å²) in [5.74, 6) is -1.34. The van der Waals surface area contributed by atoms with Crippen molar-refractivity contribution in [1.82, 2.24) is 14.0 Å². The average Bonchev–Trinajstić information content (AvgIpc) is 3.13. The van der Waals surface area contributed by atoms with E-state index in [1.807, 2.05) is 0 Å². The lowest BCUT2D eigenvalue weighted by atomic mass is 10.2. The predicted molar refractivity (Wildman–Crippen MR) is 129 cm³/mol. The molecule has 36 heavy (non-hydrogen) atoms. The fourth-order valence-electron chi connectivity index (χ4n) is 3.44. The smallest absolute Gasteiger partial charge is 0.292 e. The fourth-order valence-corrected chi connectivity index (χ4v) is 4.72. The highest BCUT2D eigenvalue weighted by Gasteiger charge is 2.35. The van der Waals surface area contributed by atoms with Gasteiger partial charge in [0.1, 0.15) is 11.5 Å². The van der Waals surface area contributed by atoms with Crippen LogP contribution in [0.4, 0.5) is 23.2 Å². The molecule has 1 saturated heterocycles. The number of amidine groups is 1. The molecule has 1 amide bonds. The molecule has 4 rings (SSSR count). The van der Waals surface area contributed by atoms with E-state index in [4.69, 9.17) is 23.2 Å². The number of alkyl halides is 3. The molecule has 0 spiro atoms. The second kappa shape index (κ2) is 9.75. The second-order valence-electron chi connectivity index (χ2n) is 7.55. The molecule has 0 bridgehead atoms. The molecule has 0 N–H and O–H groups in total. The van der Waals surface area contributed by atoms with Gasteiger partial charge in [-0.1, -0.05) is 53.2 Å². The topological polar surface area (TPSA) is 76.7 Å². The average molecular weight is 561 g/mol. The molecule has 2 aromatic carbocycles. The molecule has 1 aliphatic rings. The Hall–Kier alpha value is -3.09. The highest BCUT2D eigenvalue weighted by molar-refractivity contribution is 8.15. The number of carbonyl (C=O) groups excluding carboxylic acids is 1. The zero-order valence-electron chi connectivity index (χ0n) is 18.1. The highest BCUT2D eigenvalue weighted by atomic mass is 35.5. The molecule has 0 saturated carbocycles. The lowest BCUT2D eigenvalue weighted by Gasteiger charge is -2.17. The summed E-state index contributed by atoms with van der Waals surface area (Å²) in [7, 11) is 0.809. The molecule has 188 valence electrons. The molecule has 0 atom stereocenters. The van der Waals surface area contributed by atoms with Gasteiger partial charge in [0.15, 0.2) is 5.17 Å². The number of hydrogen-bond acceptors (Lipinski definition) is 5. The Morgan fingerprint density at radius 1 is 1.06 bits per heavy atom. The fraction of sp³-hybridized carbons (Fsp3) is 0.182. The first-order chi connectivity index (χ1) is 16.9. The van der Waals surface area contributed by atoms with Crippen LogP contribution < -0.4 is 11.2 Å². The van der Waals surface area contributed by atoms with Crippen molar-refractivity contribution in [1.29, 1.82) is 0 Å². The van der Waals surface area contributed by atoms with E-state index < -0.39 is 34.6 Å². The van der Waals surface area contributed by atoms with E-state index in [0.717, 1.165) is 30.9 Å². The van der Waals surface area contributed by atoms with Crippen molar-refractivity contribution >= 4 is 51.7 Å². The summed E-state index contributed by atoms with van der Waals surface area (Å²) in [4.78, 5) is 43.2. The maximum absolute atomic E-state index is 14.8. The van der Waals surface area contributed by atoms with Crippen LogP contribution in [0, 0.1) is 5.82 Å². The SMILES string of the molecule is Cn1c(C(F)(F)F)cc(=O)n(-c2cc(/N=C3\SCC(=O)N3Cc3ccccc3Cl)c(Cl)cc2F)c1=O. The quantitative estimate of drug-likeness (QED) is 0.431.